The van der Waals surface area contributed by atoms with Gasteiger partial charge in [-0.25, -0.2) is 0 Å². The van der Waals surface area contributed by atoms with Gasteiger partial charge in [0.05, 0.1) is 6.10 Å². The van der Waals surface area contributed by atoms with Gasteiger partial charge in [0.2, 0.25) is 5.82 Å². The van der Waals surface area contributed by atoms with E-state index in [9.17, 15) is 0 Å². The maximum atomic E-state index is 5.70. The number of hydrogen-bond donors (Lipinski definition) is 1. The number of hydrogen-bond acceptors (Lipinski definition) is 6. The van der Waals surface area contributed by atoms with Crippen LogP contribution < -0.4 is 5.73 Å². The zero-order chi connectivity index (χ0) is 12.5. The molecule has 18 heavy (non-hydrogen) atoms. The molecule has 0 aromatic carbocycles. The van der Waals surface area contributed by atoms with Crippen LogP contribution in [-0.4, -0.2) is 32.6 Å². The van der Waals surface area contributed by atoms with Crippen molar-refractivity contribution < 1.29 is 9.26 Å². The Balaban J connectivity index is 1.78. The highest BCUT2D eigenvalue weighted by molar-refractivity contribution is 5.46. The van der Waals surface area contributed by atoms with Gasteiger partial charge in [0.25, 0.3) is 5.89 Å². The van der Waals surface area contributed by atoms with Crippen LogP contribution in [0.3, 0.4) is 0 Å². The molecule has 1 fully saturated rings. The molecule has 2 aromatic rings. The third-order valence-corrected chi connectivity index (χ3v) is 3.03. The van der Waals surface area contributed by atoms with Crippen molar-refractivity contribution in [3.05, 3.63) is 18.2 Å². The van der Waals surface area contributed by atoms with Gasteiger partial charge in [-0.3, -0.25) is 4.68 Å². The van der Waals surface area contributed by atoms with Crippen LogP contribution in [0.15, 0.2) is 16.8 Å². The van der Waals surface area contributed by atoms with Crippen molar-refractivity contribution in [2.45, 2.75) is 25.0 Å². The fraction of sp³-hybridized carbons (Fsp3) is 0.545. The maximum absolute atomic E-state index is 5.70. The first-order chi connectivity index (χ1) is 8.76. The second-order valence-corrected chi connectivity index (χ2v) is 4.39. The molecule has 1 aliphatic rings. The maximum Gasteiger partial charge on any atom is 0.256 e. The van der Waals surface area contributed by atoms with Gasteiger partial charge in [-0.15, -0.1) is 0 Å². The highest BCUT2D eigenvalue weighted by Crippen LogP contribution is 2.31. The Labute approximate surface area is 104 Å². The smallest absolute Gasteiger partial charge is 0.256 e. The molecule has 0 saturated carbocycles. The molecule has 2 aromatic heterocycles. The minimum Gasteiger partial charge on any atom is -0.364 e. The first-order valence-electron chi connectivity index (χ1n) is 5.95. The van der Waals surface area contributed by atoms with Crippen molar-refractivity contribution in [3.8, 4) is 11.5 Å². The summed E-state index contributed by atoms with van der Waals surface area (Å²) >= 11 is 0. The molecule has 7 nitrogen and oxygen atoms in total. The van der Waals surface area contributed by atoms with Gasteiger partial charge in [0.15, 0.2) is 0 Å². The number of rotatable bonds is 3. The Morgan fingerprint density at radius 2 is 2.39 bits per heavy atom. The Bertz CT molecular complexity index is 535. The summed E-state index contributed by atoms with van der Waals surface area (Å²) in [5.74, 6) is 0.997. The van der Waals surface area contributed by atoms with E-state index in [1.54, 1.807) is 4.68 Å². The molecule has 3 heterocycles. The monoisotopic (exact) mass is 249 g/mol. The topological polar surface area (TPSA) is 92.0 Å². The van der Waals surface area contributed by atoms with Crippen LogP contribution in [0.4, 0.5) is 0 Å². The molecule has 0 bridgehead atoms. The molecule has 2 N–H and O–H groups in total. The van der Waals surface area contributed by atoms with Gasteiger partial charge in [-0.2, -0.15) is 10.1 Å². The molecular weight excluding hydrogens is 234 g/mol. The summed E-state index contributed by atoms with van der Waals surface area (Å²) in [7, 11) is 1.84. The normalized spacial score (nSPS) is 23.7. The second kappa shape index (κ2) is 4.51. The number of aryl methyl sites for hydroxylation is 1. The zero-order valence-electron chi connectivity index (χ0n) is 10.1. The molecule has 1 aliphatic heterocycles. The average molecular weight is 249 g/mol. The predicted molar refractivity (Wildman–Crippen MR) is 62.4 cm³/mol. The summed E-state index contributed by atoms with van der Waals surface area (Å²) < 4.78 is 12.6. The van der Waals surface area contributed by atoms with E-state index in [0.29, 0.717) is 24.0 Å². The van der Waals surface area contributed by atoms with Gasteiger partial charge in [0, 0.05) is 19.8 Å². The molecule has 2 unspecified atom stereocenters. The second-order valence-electron chi connectivity index (χ2n) is 4.39. The van der Waals surface area contributed by atoms with Crippen molar-refractivity contribution in [2.75, 3.05) is 6.54 Å². The highest BCUT2D eigenvalue weighted by atomic mass is 16.5. The third-order valence-electron chi connectivity index (χ3n) is 3.03. The summed E-state index contributed by atoms with van der Waals surface area (Å²) in [5.41, 5.74) is 6.26. The lowest BCUT2D eigenvalue weighted by Gasteiger charge is -2.07. The number of nitrogens with zero attached hydrogens (tertiary/aromatic N) is 4. The number of aromatic nitrogens is 4. The Morgan fingerprint density at radius 3 is 3.06 bits per heavy atom. The Hall–Kier alpha value is -1.73. The summed E-state index contributed by atoms with van der Waals surface area (Å²) in [5, 5.41) is 8.14. The number of ether oxygens (including phenoxy) is 1. The van der Waals surface area contributed by atoms with Crippen LogP contribution in [-0.2, 0) is 11.8 Å². The fourth-order valence-electron chi connectivity index (χ4n) is 2.07. The molecule has 0 amide bonds. The lowest BCUT2D eigenvalue weighted by molar-refractivity contribution is 0.0307. The zero-order valence-corrected chi connectivity index (χ0v) is 10.1. The first kappa shape index (κ1) is 11.4. The van der Waals surface area contributed by atoms with Crippen LogP contribution in [0.25, 0.3) is 11.5 Å². The van der Waals surface area contributed by atoms with Gasteiger partial charge < -0.3 is 15.0 Å². The molecule has 3 rings (SSSR count). The fourth-order valence-corrected chi connectivity index (χ4v) is 2.07. The van der Waals surface area contributed by atoms with E-state index in [1.165, 1.54) is 0 Å². The summed E-state index contributed by atoms with van der Waals surface area (Å²) in [6.07, 6.45) is 3.60. The van der Waals surface area contributed by atoms with Crippen LogP contribution in [0.2, 0.25) is 0 Å². The number of nitrogens with two attached hydrogens (primary N) is 1. The van der Waals surface area contributed by atoms with Crippen LogP contribution in [0, 0.1) is 0 Å². The average Bonchev–Trinajstić information content (AvgIpc) is 3.07. The first-order valence-corrected chi connectivity index (χ1v) is 5.95. The molecular formula is C11H15N5O2. The van der Waals surface area contributed by atoms with E-state index in [-0.39, 0.29) is 12.2 Å². The van der Waals surface area contributed by atoms with Crippen LogP contribution in [0.5, 0.6) is 0 Å². The molecule has 0 spiro atoms. The third kappa shape index (κ3) is 2.02. The van der Waals surface area contributed by atoms with Crippen LogP contribution in [0.1, 0.15) is 24.8 Å². The highest BCUT2D eigenvalue weighted by Gasteiger charge is 2.30. The summed E-state index contributed by atoms with van der Waals surface area (Å²) in [6.45, 7) is 0.526. The van der Waals surface area contributed by atoms with Gasteiger partial charge in [0.1, 0.15) is 11.8 Å². The van der Waals surface area contributed by atoms with E-state index in [2.05, 4.69) is 15.2 Å². The van der Waals surface area contributed by atoms with Gasteiger partial charge in [-0.1, -0.05) is 5.16 Å². The minimum atomic E-state index is -0.136. The van der Waals surface area contributed by atoms with Crippen molar-refractivity contribution in [2.24, 2.45) is 12.8 Å². The van der Waals surface area contributed by atoms with Gasteiger partial charge >= 0.3 is 0 Å². The molecule has 96 valence electrons. The van der Waals surface area contributed by atoms with Crippen molar-refractivity contribution in [1.82, 2.24) is 19.9 Å². The lowest BCUT2D eigenvalue weighted by atomic mass is 10.2. The predicted octanol–water partition coefficient (Wildman–Crippen LogP) is 0.649. The molecule has 0 aliphatic carbocycles. The van der Waals surface area contributed by atoms with E-state index < -0.39 is 0 Å². The molecule has 1 saturated heterocycles. The Kier molecular flexibility index (Phi) is 2.85. The largest absolute Gasteiger partial charge is 0.364 e. The SMILES string of the molecule is Cn1ccc(-c2noc(C3CCC(CN)O3)n2)n1. The summed E-state index contributed by atoms with van der Waals surface area (Å²) in [6, 6.07) is 1.84. The van der Waals surface area contributed by atoms with E-state index >= 15 is 0 Å². The van der Waals surface area contributed by atoms with Crippen molar-refractivity contribution in [3.63, 3.8) is 0 Å². The Morgan fingerprint density at radius 1 is 1.50 bits per heavy atom. The standard InChI is InChI=1S/C11H15N5O2/c1-16-5-4-8(14-16)10-13-11(18-15-10)9-3-2-7(6-12)17-9/h4-5,7,9H,2-3,6,12H2,1H3. The van der Waals surface area contributed by atoms with Crippen molar-refractivity contribution >= 4 is 0 Å². The summed E-state index contributed by atoms with van der Waals surface area (Å²) in [4.78, 5) is 4.33. The van der Waals surface area contributed by atoms with E-state index in [0.717, 1.165) is 12.8 Å². The van der Waals surface area contributed by atoms with Gasteiger partial charge in [-0.05, 0) is 18.9 Å². The quantitative estimate of drug-likeness (QED) is 0.858. The lowest BCUT2D eigenvalue weighted by Crippen LogP contribution is -2.18. The van der Waals surface area contributed by atoms with E-state index in [4.69, 9.17) is 15.0 Å². The van der Waals surface area contributed by atoms with Crippen molar-refractivity contribution in [1.29, 1.82) is 0 Å². The minimum absolute atomic E-state index is 0.0974. The van der Waals surface area contributed by atoms with E-state index in [1.807, 2.05) is 19.3 Å². The van der Waals surface area contributed by atoms with Crippen LogP contribution >= 0.6 is 0 Å². The molecule has 0 radical (unpaired) electrons. The molecule has 2 atom stereocenters. The molecule has 7 heteroatoms.